The second-order valence-electron chi connectivity index (χ2n) is 4.57. The van der Waals surface area contributed by atoms with Crippen molar-refractivity contribution in [1.82, 2.24) is 14.9 Å². The van der Waals surface area contributed by atoms with Gasteiger partial charge >= 0.3 is 0 Å². The summed E-state index contributed by atoms with van der Waals surface area (Å²) in [6.45, 7) is 2.70. The molecule has 1 amide bonds. The van der Waals surface area contributed by atoms with E-state index in [1.54, 1.807) is 12.5 Å². The molecule has 1 aromatic heterocycles. The van der Waals surface area contributed by atoms with Crippen molar-refractivity contribution in [1.29, 1.82) is 0 Å². The summed E-state index contributed by atoms with van der Waals surface area (Å²) in [6, 6.07) is 7.69. The molecule has 1 N–H and O–H groups in total. The van der Waals surface area contributed by atoms with E-state index in [0.717, 1.165) is 17.0 Å². The van der Waals surface area contributed by atoms with E-state index in [2.05, 4.69) is 22.9 Å². The fourth-order valence-electron chi connectivity index (χ4n) is 1.88. The number of nitrogens with zero attached hydrogens (tertiary/aromatic N) is 2. The molecule has 0 saturated heterocycles. The van der Waals surface area contributed by atoms with Crippen LogP contribution in [0.3, 0.4) is 0 Å². The summed E-state index contributed by atoms with van der Waals surface area (Å²) in [6.07, 6.45) is 5.75. The molecule has 0 aliphatic heterocycles. The average molecular weight is 275 g/mol. The molecule has 0 fully saturated rings. The molecule has 0 bridgehead atoms. The second kappa shape index (κ2) is 6.43. The van der Waals surface area contributed by atoms with Crippen molar-refractivity contribution in [3.63, 3.8) is 0 Å². The van der Waals surface area contributed by atoms with Gasteiger partial charge in [-0.15, -0.1) is 12.6 Å². The number of amides is 1. The van der Waals surface area contributed by atoms with Crippen LogP contribution >= 0.6 is 12.6 Å². The van der Waals surface area contributed by atoms with Crippen molar-refractivity contribution < 1.29 is 4.79 Å². The summed E-state index contributed by atoms with van der Waals surface area (Å²) >= 11 is 4.22. The molecule has 0 aliphatic rings. The molecular formula is C14H17N3OS. The van der Waals surface area contributed by atoms with Gasteiger partial charge in [-0.3, -0.25) is 4.79 Å². The molecule has 1 heterocycles. The van der Waals surface area contributed by atoms with Crippen LogP contribution in [0.25, 0.3) is 0 Å². The van der Waals surface area contributed by atoms with E-state index < -0.39 is 0 Å². The van der Waals surface area contributed by atoms with E-state index in [1.165, 1.54) is 0 Å². The van der Waals surface area contributed by atoms with Crippen molar-refractivity contribution in [3.05, 3.63) is 48.5 Å². The number of carbonyl (C=O) groups is 1. The smallest absolute Gasteiger partial charge is 0.224 e. The normalized spacial score (nSPS) is 12.1. The van der Waals surface area contributed by atoms with Crippen LogP contribution in [0.15, 0.2) is 47.9 Å². The largest absolute Gasteiger partial charge is 0.352 e. The second-order valence-corrected chi connectivity index (χ2v) is 5.09. The molecule has 0 aliphatic carbocycles. The standard InChI is InChI=1S/C14H17N3OS/c1-11(9-17-7-6-15-10-17)16-14(18)8-12-2-4-13(19)5-3-12/h2-7,10-11,19H,8-9H2,1H3,(H,16,18). The minimum absolute atomic E-state index is 0.0273. The predicted molar refractivity (Wildman–Crippen MR) is 77.2 cm³/mol. The Kier molecular flexibility index (Phi) is 4.63. The number of hydrogen-bond donors (Lipinski definition) is 2. The number of carbonyl (C=O) groups excluding carboxylic acids is 1. The van der Waals surface area contributed by atoms with E-state index in [0.29, 0.717) is 6.42 Å². The lowest BCUT2D eigenvalue weighted by Gasteiger charge is -2.14. The topological polar surface area (TPSA) is 46.9 Å². The summed E-state index contributed by atoms with van der Waals surface area (Å²) < 4.78 is 1.95. The first-order chi connectivity index (χ1) is 9.13. The van der Waals surface area contributed by atoms with Gasteiger partial charge in [-0.05, 0) is 24.6 Å². The molecule has 100 valence electrons. The quantitative estimate of drug-likeness (QED) is 0.819. The summed E-state index contributed by atoms with van der Waals surface area (Å²) in [7, 11) is 0. The van der Waals surface area contributed by atoms with Gasteiger partial charge in [-0.25, -0.2) is 4.98 Å². The first-order valence-electron chi connectivity index (χ1n) is 6.16. The van der Waals surface area contributed by atoms with Crippen LogP contribution in [-0.2, 0) is 17.8 Å². The number of hydrogen-bond acceptors (Lipinski definition) is 3. The summed E-state index contributed by atoms with van der Waals surface area (Å²) in [5.41, 5.74) is 0.991. The predicted octanol–water partition coefficient (Wildman–Crippen LogP) is 1.92. The van der Waals surface area contributed by atoms with E-state index in [1.807, 2.05) is 42.0 Å². The molecule has 0 saturated carbocycles. The molecule has 1 aromatic carbocycles. The van der Waals surface area contributed by atoms with E-state index in [4.69, 9.17) is 0 Å². The van der Waals surface area contributed by atoms with Crippen LogP contribution in [0.1, 0.15) is 12.5 Å². The minimum Gasteiger partial charge on any atom is -0.352 e. The molecule has 0 spiro atoms. The van der Waals surface area contributed by atoms with Crippen molar-refractivity contribution in [2.24, 2.45) is 0 Å². The van der Waals surface area contributed by atoms with Crippen molar-refractivity contribution in [2.75, 3.05) is 0 Å². The van der Waals surface area contributed by atoms with Crippen molar-refractivity contribution >= 4 is 18.5 Å². The maximum Gasteiger partial charge on any atom is 0.224 e. The van der Waals surface area contributed by atoms with Gasteiger partial charge in [0.25, 0.3) is 0 Å². The Morgan fingerprint density at radius 1 is 1.42 bits per heavy atom. The zero-order valence-corrected chi connectivity index (χ0v) is 11.7. The van der Waals surface area contributed by atoms with Crippen molar-refractivity contribution in [3.8, 4) is 0 Å². The summed E-state index contributed by atoms with van der Waals surface area (Å²) in [4.78, 5) is 16.8. The lowest BCUT2D eigenvalue weighted by atomic mass is 10.1. The number of aromatic nitrogens is 2. The van der Waals surface area contributed by atoms with Crippen LogP contribution in [-0.4, -0.2) is 21.5 Å². The number of benzene rings is 1. The molecule has 19 heavy (non-hydrogen) atoms. The molecule has 1 unspecified atom stereocenters. The van der Waals surface area contributed by atoms with Gasteiger partial charge in [0, 0.05) is 29.9 Å². The Bertz CT molecular complexity index is 522. The number of imidazole rings is 1. The number of rotatable bonds is 5. The lowest BCUT2D eigenvalue weighted by molar-refractivity contribution is -0.121. The summed E-state index contributed by atoms with van der Waals surface area (Å²) in [5, 5.41) is 2.97. The van der Waals surface area contributed by atoms with Gasteiger partial charge < -0.3 is 9.88 Å². The fourth-order valence-corrected chi connectivity index (χ4v) is 2.03. The molecular weight excluding hydrogens is 258 g/mol. The van der Waals surface area contributed by atoms with Gasteiger partial charge in [0.2, 0.25) is 5.91 Å². The highest BCUT2D eigenvalue weighted by molar-refractivity contribution is 7.80. The molecule has 2 aromatic rings. The summed E-state index contributed by atoms with van der Waals surface area (Å²) in [5.74, 6) is 0.0273. The first-order valence-corrected chi connectivity index (χ1v) is 6.61. The minimum atomic E-state index is 0.0273. The Morgan fingerprint density at radius 2 is 2.16 bits per heavy atom. The average Bonchev–Trinajstić information content (AvgIpc) is 2.84. The first kappa shape index (κ1) is 13.7. The Morgan fingerprint density at radius 3 is 2.79 bits per heavy atom. The maximum atomic E-state index is 11.9. The zero-order valence-electron chi connectivity index (χ0n) is 10.8. The Hall–Kier alpha value is -1.75. The van der Waals surface area contributed by atoms with Gasteiger partial charge in [-0.2, -0.15) is 0 Å². The van der Waals surface area contributed by atoms with Crippen molar-refractivity contribution in [2.45, 2.75) is 30.8 Å². The van der Waals surface area contributed by atoms with Gasteiger partial charge in [0.15, 0.2) is 0 Å². The highest BCUT2D eigenvalue weighted by atomic mass is 32.1. The molecule has 1 atom stereocenters. The van der Waals surface area contributed by atoms with Gasteiger partial charge in [0.05, 0.1) is 12.7 Å². The Labute approximate surface area is 118 Å². The molecule has 5 heteroatoms. The molecule has 0 radical (unpaired) electrons. The lowest BCUT2D eigenvalue weighted by Crippen LogP contribution is -2.36. The van der Waals surface area contributed by atoms with Crippen LogP contribution < -0.4 is 5.32 Å². The fraction of sp³-hybridized carbons (Fsp3) is 0.286. The third-order valence-electron chi connectivity index (χ3n) is 2.75. The van der Waals surface area contributed by atoms with Crippen LogP contribution in [0.4, 0.5) is 0 Å². The SMILES string of the molecule is CC(Cn1ccnc1)NC(=O)Cc1ccc(S)cc1. The van der Waals surface area contributed by atoms with E-state index >= 15 is 0 Å². The molecule has 2 rings (SSSR count). The van der Waals surface area contributed by atoms with Gasteiger partial charge in [0.1, 0.15) is 0 Å². The monoisotopic (exact) mass is 275 g/mol. The van der Waals surface area contributed by atoms with Crippen LogP contribution in [0.2, 0.25) is 0 Å². The third kappa shape index (κ3) is 4.44. The molecule has 4 nitrogen and oxygen atoms in total. The Balaban J connectivity index is 1.82. The van der Waals surface area contributed by atoms with Crippen LogP contribution in [0.5, 0.6) is 0 Å². The van der Waals surface area contributed by atoms with E-state index in [-0.39, 0.29) is 11.9 Å². The highest BCUT2D eigenvalue weighted by Crippen LogP contribution is 2.08. The maximum absolute atomic E-state index is 11.9. The third-order valence-corrected chi connectivity index (χ3v) is 3.05. The number of nitrogens with one attached hydrogen (secondary N) is 1. The van der Waals surface area contributed by atoms with Gasteiger partial charge in [-0.1, -0.05) is 12.1 Å². The zero-order chi connectivity index (χ0) is 13.7. The number of thiol groups is 1. The van der Waals surface area contributed by atoms with E-state index in [9.17, 15) is 4.79 Å². The van der Waals surface area contributed by atoms with Crippen LogP contribution in [0, 0.1) is 0 Å². The highest BCUT2D eigenvalue weighted by Gasteiger charge is 2.08.